The van der Waals surface area contributed by atoms with Gasteiger partial charge >= 0.3 is 0 Å². The summed E-state index contributed by atoms with van der Waals surface area (Å²) in [5.74, 6) is 0.0633. The molecule has 25 heavy (non-hydrogen) atoms. The summed E-state index contributed by atoms with van der Waals surface area (Å²) >= 11 is 0. The fraction of sp³-hybridized carbons (Fsp3) is 0.389. The van der Waals surface area contributed by atoms with Gasteiger partial charge in [0.1, 0.15) is 6.04 Å². The molecule has 1 fully saturated rings. The van der Waals surface area contributed by atoms with Crippen LogP contribution in [0.3, 0.4) is 0 Å². The first-order chi connectivity index (χ1) is 12.0. The van der Waals surface area contributed by atoms with Crippen LogP contribution < -0.4 is 4.74 Å². The Bertz CT molecular complexity index is 770. The Balaban J connectivity index is 1.91. The van der Waals surface area contributed by atoms with Gasteiger partial charge in [0.2, 0.25) is 5.91 Å². The number of rotatable bonds is 4. The maximum absolute atomic E-state index is 13.0. The molecule has 7 nitrogen and oxygen atoms in total. The van der Waals surface area contributed by atoms with E-state index in [1.807, 2.05) is 30.3 Å². The lowest BCUT2D eigenvalue weighted by molar-refractivity contribution is -0.132. The van der Waals surface area contributed by atoms with E-state index in [4.69, 9.17) is 4.74 Å². The monoisotopic (exact) mass is 342 g/mol. The van der Waals surface area contributed by atoms with Crippen molar-refractivity contribution in [2.75, 3.05) is 27.7 Å². The molecule has 1 aromatic carbocycles. The van der Waals surface area contributed by atoms with Gasteiger partial charge in [0, 0.05) is 20.6 Å². The summed E-state index contributed by atoms with van der Waals surface area (Å²) in [6.07, 6.45) is 3.16. The van der Waals surface area contributed by atoms with E-state index in [0.29, 0.717) is 18.7 Å². The predicted octanol–water partition coefficient (Wildman–Crippen LogP) is 1.57. The third kappa shape index (κ3) is 3.22. The van der Waals surface area contributed by atoms with Crippen molar-refractivity contribution in [1.29, 1.82) is 0 Å². The molecule has 1 aliphatic heterocycles. The number of amides is 2. The van der Waals surface area contributed by atoms with Gasteiger partial charge in [0.15, 0.2) is 11.4 Å². The maximum Gasteiger partial charge on any atom is 0.278 e. The highest BCUT2D eigenvalue weighted by Gasteiger charge is 2.37. The van der Waals surface area contributed by atoms with Crippen LogP contribution in [-0.4, -0.2) is 65.2 Å². The minimum Gasteiger partial charge on any atom is -0.493 e. The smallest absolute Gasteiger partial charge is 0.278 e. The van der Waals surface area contributed by atoms with Gasteiger partial charge in [0.25, 0.3) is 5.91 Å². The van der Waals surface area contributed by atoms with E-state index in [2.05, 4.69) is 5.10 Å². The number of aromatic nitrogens is 2. The molecule has 0 spiro atoms. The zero-order chi connectivity index (χ0) is 18.0. The summed E-state index contributed by atoms with van der Waals surface area (Å²) in [4.78, 5) is 28.5. The van der Waals surface area contributed by atoms with E-state index in [0.717, 1.165) is 12.1 Å². The normalized spacial score (nSPS) is 16.8. The average Bonchev–Trinajstić information content (AvgIpc) is 3.28. The summed E-state index contributed by atoms with van der Waals surface area (Å²) in [6.45, 7) is 0.546. The van der Waals surface area contributed by atoms with E-state index >= 15 is 0 Å². The Hall–Kier alpha value is -2.83. The quantitative estimate of drug-likeness (QED) is 0.846. The molecule has 2 amide bonds. The number of carbonyl (C=O) groups is 2. The molecular formula is C18H22N4O3. The predicted molar refractivity (Wildman–Crippen MR) is 92.9 cm³/mol. The van der Waals surface area contributed by atoms with Crippen LogP contribution in [0.4, 0.5) is 0 Å². The number of methoxy groups -OCH3 is 1. The second kappa shape index (κ2) is 6.96. The molecule has 132 valence electrons. The Kier molecular flexibility index (Phi) is 4.74. The summed E-state index contributed by atoms with van der Waals surface area (Å²) in [6, 6.07) is 9.07. The van der Waals surface area contributed by atoms with Crippen molar-refractivity contribution < 1.29 is 14.3 Å². The summed E-state index contributed by atoms with van der Waals surface area (Å²) in [7, 11) is 4.91. The third-order valence-electron chi connectivity index (χ3n) is 4.36. The van der Waals surface area contributed by atoms with Crippen molar-refractivity contribution in [2.45, 2.75) is 18.9 Å². The zero-order valence-electron chi connectivity index (χ0n) is 14.7. The van der Waals surface area contributed by atoms with E-state index in [1.54, 1.807) is 29.9 Å². The molecule has 0 radical (unpaired) electrons. The van der Waals surface area contributed by atoms with Gasteiger partial charge in [-0.2, -0.15) is 5.10 Å². The number of nitrogens with zero attached hydrogens (tertiary/aromatic N) is 4. The van der Waals surface area contributed by atoms with Gasteiger partial charge in [-0.15, -0.1) is 0 Å². The first-order valence-electron chi connectivity index (χ1n) is 8.24. The first kappa shape index (κ1) is 17.0. The number of likely N-dealkylation sites (tertiary alicyclic amines) is 1. The molecule has 2 heterocycles. The van der Waals surface area contributed by atoms with Crippen LogP contribution in [0.5, 0.6) is 5.75 Å². The van der Waals surface area contributed by atoms with Crippen molar-refractivity contribution in [3.8, 4) is 11.4 Å². The van der Waals surface area contributed by atoms with Crippen LogP contribution in [0, 0.1) is 0 Å². The van der Waals surface area contributed by atoms with Crippen LogP contribution in [0.15, 0.2) is 36.5 Å². The van der Waals surface area contributed by atoms with Crippen molar-refractivity contribution in [1.82, 2.24) is 19.6 Å². The van der Waals surface area contributed by atoms with Crippen LogP contribution in [-0.2, 0) is 4.79 Å². The van der Waals surface area contributed by atoms with Crippen LogP contribution >= 0.6 is 0 Å². The number of para-hydroxylation sites is 1. The van der Waals surface area contributed by atoms with Crippen molar-refractivity contribution >= 4 is 11.8 Å². The SMILES string of the molecule is COc1cn(-c2ccccc2)nc1C(=O)N1CCCC1C(=O)N(C)C. The van der Waals surface area contributed by atoms with Gasteiger partial charge in [-0.3, -0.25) is 9.59 Å². The van der Waals surface area contributed by atoms with E-state index < -0.39 is 6.04 Å². The number of hydrogen-bond donors (Lipinski definition) is 0. The highest BCUT2D eigenvalue weighted by molar-refractivity contribution is 5.98. The summed E-state index contributed by atoms with van der Waals surface area (Å²) in [5, 5.41) is 4.41. The lowest BCUT2D eigenvalue weighted by atomic mass is 10.2. The highest BCUT2D eigenvalue weighted by Crippen LogP contribution is 2.26. The van der Waals surface area contributed by atoms with Crippen molar-refractivity contribution in [3.05, 3.63) is 42.2 Å². The molecule has 0 bridgehead atoms. The Labute approximate surface area is 146 Å². The molecule has 0 saturated carbocycles. The van der Waals surface area contributed by atoms with Crippen molar-refractivity contribution in [3.63, 3.8) is 0 Å². The maximum atomic E-state index is 13.0. The number of ether oxygens (including phenoxy) is 1. The lowest BCUT2D eigenvalue weighted by Gasteiger charge is -2.25. The van der Waals surface area contributed by atoms with E-state index in [1.165, 1.54) is 12.0 Å². The Morgan fingerprint density at radius 3 is 2.60 bits per heavy atom. The van der Waals surface area contributed by atoms with Gasteiger partial charge < -0.3 is 14.5 Å². The largest absolute Gasteiger partial charge is 0.493 e. The fourth-order valence-electron chi connectivity index (χ4n) is 3.07. The standard InChI is InChI=1S/C18H22N4O3/c1-20(2)17(23)14-10-7-11-21(14)18(24)16-15(25-3)12-22(19-16)13-8-5-4-6-9-13/h4-6,8-9,12,14H,7,10-11H2,1-3H3. The number of hydrogen-bond acceptors (Lipinski definition) is 4. The summed E-state index contributed by atoms with van der Waals surface area (Å²) < 4.78 is 6.96. The topological polar surface area (TPSA) is 67.7 Å². The molecule has 1 aliphatic rings. The molecule has 7 heteroatoms. The lowest BCUT2D eigenvalue weighted by Crippen LogP contribution is -2.45. The second-order valence-electron chi connectivity index (χ2n) is 6.22. The zero-order valence-corrected chi connectivity index (χ0v) is 14.7. The van der Waals surface area contributed by atoms with Crippen LogP contribution in [0.2, 0.25) is 0 Å². The van der Waals surface area contributed by atoms with Gasteiger partial charge in [0.05, 0.1) is 19.0 Å². The van der Waals surface area contributed by atoms with Gasteiger partial charge in [-0.25, -0.2) is 4.68 Å². The van der Waals surface area contributed by atoms with E-state index in [-0.39, 0.29) is 17.5 Å². The average molecular weight is 342 g/mol. The van der Waals surface area contributed by atoms with Crippen molar-refractivity contribution in [2.24, 2.45) is 0 Å². The molecular weight excluding hydrogens is 320 g/mol. The minimum atomic E-state index is -0.436. The molecule has 1 unspecified atom stereocenters. The molecule has 1 aromatic heterocycles. The molecule has 1 atom stereocenters. The van der Waals surface area contributed by atoms with Crippen LogP contribution in [0.1, 0.15) is 23.3 Å². The third-order valence-corrected chi connectivity index (χ3v) is 4.36. The highest BCUT2D eigenvalue weighted by atomic mass is 16.5. The van der Waals surface area contributed by atoms with Gasteiger partial charge in [-0.05, 0) is 25.0 Å². The second-order valence-corrected chi connectivity index (χ2v) is 6.22. The molecule has 3 rings (SSSR count). The number of benzene rings is 1. The molecule has 1 saturated heterocycles. The van der Waals surface area contributed by atoms with Gasteiger partial charge in [-0.1, -0.05) is 18.2 Å². The number of likely N-dealkylation sites (N-methyl/N-ethyl adjacent to an activating group) is 1. The first-order valence-corrected chi connectivity index (χ1v) is 8.24. The molecule has 2 aromatic rings. The summed E-state index contributed by atoms with van der Waals surface area (Å²) in [5.41, 5.74) is 1.06. The minimum absolute atomic E-state index is 0.0627. The Morgan fingerprint density at radius 2 is 1.96 bits per heavy atom. The Morgan fingerprint density at radius 1 is 1.24 bits per heavy atom. The molecule has 0 aliphatic carbocycles. The molecule has 0 N–H and O–H groups in total. The van der Waals surface area contributed by atoms with Crippen LogP contribution in [0.25, 0.3) is 5.69 Å². The van der Waals surface area contributed by atoms with E-state index in [9.17, 15) is 9.59 Å². The number of carbonyl (C=O) groups excluding carboxylic acids is 2. The fourth-order valence-corrected chi connectivity index (χ4v) is 3.07.